The standard InChI is InChI=1S/C18H18ClN5O9S/c1-22(2)15-6-4-12(8-16(15)24(29)30)34(31,32)20-9-18(26)33-10-17(25)21-13-7-11(19)3-5-14(13)23(27)28/h3-8,20H,9-10H2,1-2H3,(H,21,25). The molecule has 14 nitrogen and oxygen atoms in total. The third kappa shape index (κ3) is 6.84. The minimum absolute atomic E-state index is 0.117. The van der Waals surface area contributed by atoms with Gasteiger partial charge in [0.2, 0.25) is 10.0 Å². The zero-order chi connectivity index (χ0) is 25.6. The molecule has 0 unspecified atom stereocenters. The SMILES string of the molecule is CN(C)c1ccc(S(=O)(=O)NCC(=O)OCC(=O)Nc2cc(Cl)ccc2[N+](=O)[O-])cc1[N+](=O)[O-]. The highest BCUT2D eigenvalue weighted by molar-refractivity contribution is 7.89. The minimum atomic E-state index is -4.32. The number of amides is 1. The molecule has 2 N–H and O–H groups in total. The zero-order valence-electron chi connectivity index (χ0n) is 17.7. The van der Waals surface area contributed by atoms with E-state index in [9.17, 15) is 38.2 Å². The van der Waals surface area contributed by atoms with Gasteiger partial charge in [-0.3, -0.25) is 29.8 Å². The van der Waals surface area contributed by atoms with E-state index in [4.69, 9.17) is 11.6 Å². The summed E-state index contributed by atoms with van der Waals surface area (Å²) in [6, 6.07) is 6.67. The predicted octanol–water partition coefficient (Wildman–Crippen LogP) is 1.68. The Kier molecular flexibility index (Phi) is 8.45. The van der Waals surface area contributed by atoms with Gasteiger partial charge in [-0.2, -0.15) is 4.72 Å². The maximum atomic E-state index is 12.4. The lowest BCUT2D eigenvalue weighted by Crippen LogP contribution is -2.32. The van der Waals surface area contributed by atoms with Gasteiger partial charge in [0.1, 0.15) is 17.9 Å². The molecule has 0 radical (unpaired) electrons. The fraction of sp³-hybridized carbons (Fsp3) is 0.222. The van der Waals surface area contributed by atoms with E-state index in [1.165, 1.54) is 17.0 Å². The topological polar surface area (TPSA) is 191 Å². The molecule has 16 heteroatoms. The van der Waals surface area contributed by atoms with E-state index in [1.807, 2.05) is 4.72 Å². The van der Waals surface area contributed by atoms with Crippen LogP contribution in [0.3, 0.4) is 0 Å². The molecule has 2 aromatic rings. The lowest BCUT2D eigenvalue weighted by molar-refractivity contribution is -0.384. The van der Waals surface area contributed by atoms with E-state index in [-0.39, 0.29) is 16.4 Å². The van der Waals surface area contributed by atoms with Crippen LogP contribution in [0.5, 0.6) is 0 Å². The Morgan fingerprint density at radius 1 is 1.06 bits per heavy atom. The number of rotatable bonds is 10. The molecule has 0 fully saturated rings. The molecular weight excluding hydrogens is 498 g/mol. The van der Waals surface area contributed by atoms with Crippen molar-refractivity contribution >= 4 is 56.3 Å². The molecule has 0 bridgehead atoms. The number of nitro benzene ring substituents is 2. The fourth-order valence-electron chi connectivity index (χ4n) is 2.58. The molecule has 34 heavy (non-hydrogen) atoms. The smallest absolute Gasteiger partial charge is 0.321 e. The summed E-state index contributed by atoms with van der Waals surface area (Å²) in [4.78, 5) is 45.5. The largest absolute Gasteiger partial charge is 0.455 e. The first kappa shape index (κ1) is 26.4. The van der Waals surface area contributed by atoms with Crippen LogP contribution in [-0.4, -0.2) is 57.4 Å². The second-order valence-corrected chi connectivity index (χ2v) is 8.96. The van der Waals surface area contributed by atoms with Crippen molar-refractivity contribution in [2.75, 3.05) is 37.5 Å². The Balaban J connectivity index is 1.98. The van der Waals surface area contributed by atoms with Crippen molar-refractivity contribution < 1.29 is 32.6 Å². The fourth-order valence-corrected chi connectivity index (χ4v) is 3.74. The number of sulfonamides is 1. The second kappa shape index (κ2) is 10.9. The van der Waals surface area contributed by atoms with Gasteiger partial charge in [0, 0.05) is 31.3 Å². The summed E-state index contributed by atoms with van der Waals surface area (Å²) in [7, 11) is -1.23. The molecule has 0 aromatic heterocycles. The molecule has 0 aliphatic carbocycles. The number of esters is 1. The van der Waals surface area contributed by atoms with Gasteiger partial charge in [-0.25, -0.2) is 8.42 Å². The molecule has 2 aromatic carbocycles. The highest BCUT2D eigenvalue weighted by Gasteiger charge is 2.23. The van der Waals surface area contributed by atoms with Gasteiger partial charge in [0.05, 0.1) is 14.7 Å². The number of carbonyl (C=O) groups excluding carboxylic acids is 2. The summed E-state index contributed by atoms with van der Waals surface area (Å²) >= 11 is 5.75. The van der Waals surface area contributed by atoms with Crippen LogP contribution < -0.4 is 14.9 Å². The maximum Gasteiger partial charge on any atom is 0.321 e. The number of halogens is 1. The van der Waals surface area contributed by atoms with Gasteiger partial charge in [0.25, 0.3) is 17.3 Å². The van der Waals surface area contributed by atoms with Crippen molar-refractivity contribution in [2.24, 2.45) is 0 Å². The lowest BCUT2D eigenvalue weighted by Gasteiger charge is -2.13. The summed E-state index contributed by atoms with van der Waals surface area (Å²) < 4.78 is 31.4. The third-order valence-electron chi connectivity index (χ3n) is 4.14. The van der Waals surface area contributed by atoms with Gasteiger partial charge < -0.3 is 15.0 Å². The molecule has 0 saturated carbocycles. The van der Waals surface area contributed by atoms with Crippen LogP contribution in [0.4, 0.5) is 22.7 Å². The van der Waals surface area contributed by atoms with Gasteiger partial charge in [-0.05, 0) is 24.3 Å². The van der Waals surface area contributed by atoms with Crippen molar-refractivity contribution in [3.8, 4) is 0 Å². The number of hydrogen-bond donors (Lipinski definition) is 2. The van der Waals surface area contributed by atoms with Gasteiger partial charge in [-0.1, -0.05) is 11.6 Å². The number of nitrogens with zero attached hydrogens (tertiary/aromatic N) is 3. The summed E-state index contributed by atoms with van der Waals surface area (Å²) in [6.07, 6.45) is 0. The van der Waals surface area contributed by atoms with Crippen LogP contribution in [-0.2, 0) is 24.3 Å². The first-order valence-corrected chi connectivity index (χ1v) is 11.0. The Labute approximate surface area is 197 Å². The van der Waals surface area contributed by atoms with Crippen molar-refractivity contribution in [1.82, 2.24) is 4.72 Å². The third-order valence-corrected chi connectivity index (χ3v) is 5.77. The molecule has 2 rings (SSSR count). The lowest BCUT2D eigenvalue weighted by atomic mass is 10.2. The van der Waals surface area contributed by atoms with Crippen LogP contribution in [0.15, 0.2) is 41.3 Å². The van der Waals surface area contributed by atoms with Crippen molar-refractivity contribution in [3.05, 3.63) is 61.6 Å². The van der Waals surface area contributed by atoms with E-state index in [0.717, 1.165) is 24.3 Å². The van der Waals surface area contributed by atoms with Crippen LogP contribution >= 0.6 is 11.6 Å². The average Bonchev–Trinajstić information content (AvgIpc) is 2.75. The molecule has 182 valence electrons. The molecule has 0 heterocycles. The Morgan fingerprint density at radius 3 is 2.29 bits per heavy atom. The summed E-state index contributed by atoms with van der Waals surface area (Å²) in [5, 5.41) is 24.5. The molecule has 0 spiro atoms. The highest BCUT2D eigenvalue weighted by Crippen LogP contribution is 2.29. The first-order chi connectivity index (χ1) is 15.8. The van der Waals surface area contributed by atoms with Gasteiger partial charge in [0.15, 0.2) is 6.61 Å². The molecule has 0 aliphatic rings. The van der Waals surface area contributed by atoms with Crippen molar-refractivity contribution in [1.29, 1.82) is 0 Å². The number of carbonyl (C=O) groups is 2. The average molecular weight is 516 g/mol. The molecule has 0 saturated heterocycles. The Morgan fingerprint density at radius 2 is 1.71 bits per heavy atom. The van der Waals surface area contributed by atoms with Crippen LogP contribution in [0, 0.1) is 20.2 Å². The molecular formula is C18H18ClN5O9S. The van der Waals surface area contributed by atoms with Gasteiger partial charge in [-0.15, -0.1) is 0 Å². The Bertz CT molecular complexity index is 1250. The van der Waals surface area contributed by atoms with E-state index >= 15 is 0 Å². The monoisotopic (exact) mass is 515 g/mol. The van der Waals surface area contributed by atoms with Crippen LogP contribution in [0.2, 0.25) is 5.02 Å². The summed E-state index contributed by atoms with van der Waals surface area (Å²) in [5.74, 6) is -2.07. The van der Waals surface area contributed by atoms with Gasteiger partial charge >= 0.3 is 5.97 Å². The predicted molar refractivity (Wildman–Crippen MR) is 120 cm³/mol. The minimum Gasteiger partial charge on any atom is -0.455 e. The number of ether oxygens (including phenoxy) is 1. The number of anilines is 2. The number of nitro groups is 2. The molecule has 1 amide bonds. The van der Waals surface area contributed by atoms with Crippen LogP contribution in [0.1, 0.15) is 0 Å². The number of benzene rings is 2. The quantitative estimate of drug-likeness (QED) is 0.267. The first-order valence-electron chi connectivity index (χ1n) is 9.16. The van der Waals surface area contributed by atoms with Crippen LogP contribution in [0.25, 0.3) is 0 Å². The van der Waals surface area contributed by atoms with E-state index in [1.54, 1.807) is 14.1 Å². The van der Waals surface area contributed by atoms with E-state index in [0.29, 0.717) is 0 Å². The summed E-state index contributed by atoms with van der Waals surface area (Å²) in [6.45, 7) is -1.75. The van der Waals surface area contributed by atoms with E-state index in [2.05, 4.69) is 10.1 Å². The normalized spacial score (nSPS) is 10.9. The Hall–Kier alpha value is -3.82. The van der Waals surface area contributed by atoms with Crippen molar-refractivity contribution in [3.63, 3.8) is 0 Å². The second-order valence-electron chi connectivity index (χ2n) is 6.75. The van der Waals surface area contributed by atoms with Crippen molar-refractivity contribution in [2.45, 2.75) is 4.90 Å². The maximum absolute atomic E-state index is 12.4. The highest BCUT2D eigenvalue weighted by atomic mass is 35.5. The number of nitrogens with one attached hydrogen (secondary N) is 2. The molecule has 0 atom stereocenters. The zero-order valence-corrected chi connectivity index (χ0v) is 19.3. The summed E-state index contributed by atoms with van der Waals surface area (Å²) in [5.41, 5.74) is -0.940. The molecule has 0 aliphatic heterocycles. The van der Waals surface area contributed by atoms with E-state index < -0.39 is 61.2 Å². The number of hydrogen-bond acceptors (Lipinski definition) is 10.